The van der Waals surface area contributed by atoms with E-state index in [1.807, 2.05) is 0 Å². The molecule has 0 spiro atoms. The predicted octanol–water partition coefficient (Wildman–Crippen LogP) is 1.11. The molecular weight excluding hydrogens is 443 g/mol. The molecular formula is C21H20ClFN4O5. The highest BCUT2D eigenvalue weighted by Crippen LogP contribution is 2.41. The third-order valence-corrected chi connectivity index (χ3v) is 6.10. The highest BCUT2D eigenvalue weighted by Gasteiger charge is 2.49. The molecule has 11 heteroatoms. The van der Waals surface area contributed by atoms with Crippen molar-refractivity contribution in [2.75, 3.05) is 18.0 Å². The summed E-state index contributed by atoms with van der Waals surface area (Å²) in [4.78, 5) is 53.3. The molecule has 1 aromatic heterocycles. The first kappa shape index (κ1) is 21.8. The third kappa shape index (κ3) is 3.13. The molecule has 0 fully saturated rings. The molecule has 2 aromatic rings. The number of amides is 3. The molecule has 3 N–H and O–H groups in total. The Kier molecular flexibility index (Phi) is 5.00. The van der Waals surface area contributed by atoms with E-state index in [1.54, 1.807) is 0 Å². The zero-order chi connectivity index (χ0) is 23.5. The summed E-state index contributed by atoms with van der Waals surface area (Å²) in [5.74, 6) is -3.22. The van der Waals surface area contributed by atoms with Gasteiger partial charge in [-0.15, -0.1) is 0 Å². The van der Waals surface area contributed by atoms with Crippen molar-refractivity contribution in [3.8, 4) is 5.75 Å². The molecule has 1 aromatic carbocycles. The monoisotopic (exact) mass is 462 g/mol. The fourth-order valence-electron chi connectivity index (χ4n) is 4.31. The van der Waals surface area contributed by atoms with Crippen LogP contribution in [0.3, 0.4) is 0 Å². The van der Waals surface area contributed by atoms with Crippen LogP contribution in [0.25, 0.3) is 0 Å². The number of hydrogen-bond donors (Lipinski definition) is 2. The van der Waals surface area contributed by atoms with Crippen LogP contribution in [0, 0.1) is 5.82 Å². The maximum absolute atomic E-state index is 13.4. The molecule has 0 saturated carbocycles. The highest BCUT2D eigenvalue weighted by atomic mass is 35.5. The Hall–Kier alpha value is -3.40. The van der Waals surface area contributed by atoms with E-state index < -0.39 is 46.9 Å². The van der Waals surface area contributed by atoms with Gasteiger partial charge in [0.1, 0.15) is 23.7 Å². The van der Waals surface area contributed by atoms with Crippen LogP contribution in [-0.2, 0) is 28.1 Å². The SMILES string of the molecule is CC1(C)C(=O)N(CC(N)=O)c2c3c(c(O)c(=O)n21)C(=O)N(Cc1ccc(F)c(Cl)c1)CC3. The Labute approximate surface area is 186 Å². The first-order chi connectivity index (χ1) is 14.9. The van der Waals surface area contributed by atoms with Gasteiger partial charge in [0, 0.05) is 18.7 Å². The average molecular weight is 463 g/mol. The summed E-state index contributed by atoms with van der Waals surface area (Å²) in [7, 11) is 0. The van der Waals surface area contributed by atoms with Crippen molar-refractivity contribution in [3.63, 3.8) is 0 Å². The minimum absolute atomic E-state index is 0.0750. The third-order valence-electron chi connectivity index (χ3n) is 5.81. The van der Waals surface area contributed by atoms with Gasteiger partial charge in [0.05, 0.1) is 10.6 Å². The fourth-order valence-corrected chi connectivity index (χ4v) is 4.51. The van der Waals surface area contributed by atoms with E-state index in [1.165, 1.54) is 36.9 Å². The Morgan fingerprint density at radius 1 is 1.28 bits per heavy atom. The number of carbonyl (C=O) groups excluding carboxylic acids is 3. The lowest BCUT2D eigenvalue weighted by Gasteiger charge is -2.31. The van der Waals surface area contributed by atoms with Crippen molar-refractivity contribution >= 4 is 35.1 Å². The molecule has 4 rings (SSSR count). The lowest BCUT2D eigenvalue weighted by molar-refractivity contribution is -0.126. The number of benzene rings is 1. The van der Waals surface area contributed by atoms with Crippen molar-refractivity contribution in [3.05, 3.63) is 56.1 Å². The Morgan fingerprint density at radius 2 is 1.97 bits per heavy atom. The van der Waals surface area contributed by atoms with E-state index >= 15 is 0 Å². The summed E-state index contributed by atoms with van der Waals surface area (Å²) in [6.45, 7) is 2.78. The van der Waals surface area contributed by atoms with E-state index in [-0.39, 0.29) is 35.9 Å². The van der Waals surface area contributed by atoms with Gasteiger partial charge in [0.2, 0.25) is 5.91 Å². The average Bonchev–Trinajstić information content (AvgIpc) is 2.90. The molecule has 9 nitrogen and oxygen atoms in total. The van der Waals surface area contributed by atoms with Gasteiger partial charge in [-0.05, 0) is 38.0 Å². The number of nitrogens with two attached hydrogens (primary N) is 1. The minimum Gasteiger partial charge on any atom is -0.502 e. The summed E-state index contributed by atoms with van der Waals surface area (Å²) in [6.07, 6.45) is 0.206. The van der Waals surface area contributed by atoms with Crippen molar-refractivity contribution < 1.29 is 23.9 Å². The van der Waals surface area contributed by atoms with E-state index in [0.717, 1.165) is 9.47 Å². The predicted molar refractivity (Wildman–Crippen MR) is 113 cm³/mol. The fraction of sp³-hybridized carbons (Fsp3) is 0.333. The summed E-state index contributed by atoms with van der Waals surface area (Å²) in [6, 6.07) is 4.07. The van der Waals surface area contributed by atoms with Gasteiger partial charge in [-0.1, -0.05) is 17.7 Å². The van der Waals surface area contributed by atoms with Gasteiger partial charge in [-0.25, -0.2) is 4.39 Å². The summed E-state index contributed by atoms with van der Waals surface area (Å²) >= 11 is 5.82. The molecule has 2 aliphatic rings. The topological polar surface area (TPSA) is 126 Å². The van der Waals surface area contributed by atoms with Crippen LogP contribution in [0.2, 0.25) is 5.02 Å². The van der Waals surface area contributed by atoms with Crippen molar-refractivity contribution in [2.45, 2.75) is 32.4 Å². The smallest absolute Gasteiger partial charge is 0.296 e. The molecule has 0 saturated heterocycles. The number of carbonyl (C=O) groups is 3. The van der Waals surface area contributed by atoms with Crippen molar-refractivity contribution in [1.82, 2.24) is 9.47 Å². The second-order valence-corrected chi connectivity index (χ2v) is 8.72. The number of pyridine rings is 1. The first-order valence-electron chi connectivity index (χ1n) is 9.80. The highest BCUT2D eigenvalue weighted by molar-refractivity contribution is 6.30. The van der Waals surface area contributed by atoms with Crippen LogP contribution in [-0.4, -0.2) is 45.4 Å². The van der Waals surface area contributed by atoms with Crippen LogP contribution in [0.1, 0.15) is 35.3 Å². The van der Waals surface area contributed by atoms with Crippen LogP contribution < -0.4 is 16.2 Å². The molecule has 3 heterocycles. The Balaban J connectivity index is 1.82. The van der Waals surface area contributed by atoms with E-state index in [0.29, 0.717) is 11.1 Å². The number of fused-ring (bicyclic) bond motifs is 3. The lowest BCUT2D eigenvalue weighted by Crippen LogP contribution is -2.43. The van der Waals surface area contributed by atoms with Crippen LogP contribution >= 0.6 is 11.6 Å². The normalized spacial score (nSPS) is 16.9. The van der Waals surface area contributed by atoms with Crippen molar-refractivity contribution in [1.29, 1.82) is 0 Å². The molecule has 0 radical (unpaired) electrons. The summed E-state index contributed by atoms with van der Waals surface area (Å²) < 4.78 is 14.6. The zero-order valence-electron chi connectivity index (χ0n) is 17.3. The van der Waals surface area contributed by atoms with E-state index in [4.69, 9.17) is 17.3 Å². The molecule has 168 valence electrons. The van der Waals surface area contributed by atoms with Crippen LogP contribution in [0.15, 0.2) is 23.0 Å². The van der Waals surface area contributed by atoms with E-state index in [9.17, 15) is 28.7 Å². The van der Waals surface area contributed by atoms with Gasteiger partial charge in [-0.2, -0.15) is 0 Å². The number of hydrogen-bond acceptors (Lipinski definition) is 5. The van der Waals surface area contributed by atoms with Crippen molar-refractivity contribution in [2.24, 2.45) is 5.73 Å². The van der Waals surface area contributed by atoms with Crippen LogP contribution in [0.5, 0.6) is 5.75 Å². The number of aromatic hydroxyl groups is 1. The molecule has 32 heavy (non-hydrogen) atoms. The molecule has 0 atom stereocenters. The number of rotatable bonds is 4. The lowest BCUT2D eigenvalue weighted by atomic mass is 9.97. The number of primary amides is 1. The number of anilines is 1. The van der Waals surface area contributed by atoms with Gasteiger partial charge < -0.3 is 15.7 Å². The quantitative estimate of drug-likeness (QED) is 0.704. The maximum Gasteiger partial charge on any atom is 0.296 e. The Bertz CT molecular complexity index is 1260. The molecule has 3 amide bonds. The second-order valence-electron chi connectivity index (χ2n) is 8.31. The van der Waals surface area contributed by atoms with Gasteiger partial charge >= 0.3 is 0 Å². The van der Waals surface area contributed by atoms with E-state index in [2.05, 4.69) is 0 Å². The molecule has 2 aliphatic heterocycles. The number of nitrogens with zero attached hydrogens (tertiary/aromatic N) is 3. The summed E-state index contributed by atoms with van der Waals surface area (Å²) in [5.41, 5.74) is 3.65. The second kappa shape index (κ2) is 7.33. The number of aromatic nitrogens is 1. The minimum atomic E-state index is -1.38. The molecule has 0 bridgehead atoms. The summed E-state index contributed by atoms with van der Waals surface area (Å²) in [5, 5.41) is 10.6. The standard InChI is InChI=1S/C21H20ClFN4O5/c1-21(2)20(32)26(9-14(24)28)17-11-5-6-25(8-10-3-4-13(23)12(22)7-10)18(30)15(11)16(29)19(31)27(17)21/h3-4,7,29H,5-6,8-9H2,1-2H3,(H2,24,28). The number of halogens is 2. The van der Waals surface area contributed by atoms with Gasteiger partial charge in [-0.3, -0.25) is 28.6 Å². The molecule has 0 unspecified atom stereocenters. The Morgan fingerprint density at radius 3 is 2.59 bits per heavy atom. The largest absolute Gasteiger partial charge is 0.502 e. The van der Waals surface area contributed by atoms with Crippen LogP contribution in [0.4, 0.5) is 10.2 Å². The maximum atomic E-state index is 13.4. The zero-order valence-corrected chi connectivity index (χ0v) is 18.1. The molecule has 0 aliphatic carbocycles. The van der Waals surface area contributed by atoms with Gasteiger partial charge in [0.15, 0.2) is 5.75 Å². The van der Waals surface area contributed by atoms with Gasteiger partial charge in [0.25, 0.3) is 17.4 Å². The first-order valence-corrected chi connectivity index (χ1v) is 10.2.